The first-order valence-electron chi connectivity index (χ1n) is 6.31. The van der Waals surface area contributed by atoms with Crippen molar-refractivity contribution in [1.29, 1.82) is 0 Å². The van der Waals surface area contributed by atoms with Gasteiger partial charge in [-0.05, 0) is 51.0 Å². The zero-order valence-corrected chi connectivity index (χ0v) is 11.3. The highest BCUT2D eigenvalue weighted by atomic mass is 35.5. The van der Waals surface area contributed by atoms with Crippen LogP contribution in [0.15, 0.2) is 24.3 Å². The van der Waals surface area contributed by atoms with Gasteiger partial charge in [0.1, 0.15) is 11.9 Å². The maximum atomic E-state index is 5.95. The molecule has 0 bridgehead atoms. The number of ether oxygens (including phenoxy) is 1. The van der Waals surface area contributed by atoms with E-state index >= 15 is 0 Å². The molecule has 0 amide bonds. The van der Waals surface area contributed by atoms with Gasteiger partial charge < -0.3 is 9.64 Å². The predicted molar refractivity (Wildman–Crippen MR) is 71.8 cm³/mol. The van der Waals surface area contributed by atoms with E-state index in [4.69, 9.17) is 16.3 Å². The minimum absolute atomic E-state index is 0.353. The van der Waals surface area contributed by atoms with Crippen molar-refractivity contribution in [3.8, 4) is 5.75 Å². The van der Waals surface area contributed by atoms with Crippen molar-refractivity contribution in [1.82, 2.24) is 4.90 Å². The van der Waals surface area contributed by atoms with Gasteiger partial charge in [-0.25, -0.2) is 0 Å². The zero-order valence-electron chi connectivity index (χ0n) is 10.5. The molecule has 17 heavy (non-hydrogen) atoms. The number of likely N-dealkylation sites (tertiary alicyclic amines) is 1. The molecule has 3 heteroatoms. The Bertz CT molecular complexity index is 342. The summed E-state index contributed by atoms with van der Waals surface area (Å²) in [7, 11) is 0. The lowest BCUT2D eigenvalue weighted by Crippen LogP contribution is -2.41. The summed E-state index contributed by atoms with van der Waals surface area (Å²) in [4.78, 5) is 2.50. The highest BCUT2D eigenvalue weighted by molar-refractivity contribution is 6.30. The monoisotopic (exact) mass is 253 g/mol. The molecular weight excluding hydrogens is 234 g/mol. The van der Waals surface area contributed by atoms with Crippen molar-refractivity contribution in [2.45, 2.75) is 38.8 Å². The van der Waals surface area contributed by atoms with E-state index < -0.39 is 0 Å². The summed E-state index contributed by atoms with van der Waals surface area (Å²) in [5.41, 5.74) is 0. The highest BCUT2D eigenvalue weighted by Crippen LogP contribution is 2.21. The number of rotatable bonds is 3. The average molecular weight is 254 g/mol. The van der Waals surface area contributed by atoms with Gasteiger partial charge in [0.25, 0.3) is 0 Å². The number of hydrogen-bond donors (Lipinski definition) is 0. The largest absolute Gasteiger partial charge is 0.490 e. The van der Waals surface area contributed by atoms with Gasteiger partial charge in [0.15, 0.2) is 0 Å². The van der Waals surface area contributed by atoms with Crippen LogP contribution in [0.2, 0.25) is 5.02 Å². The SMILES string of the molecule is CC(C)N1CCC(Oc2ccc(Cl)cc2)CC1. The number of benzene rings is 1. The van der Waals surface area contributed by atoms with Gasteiger partial charge in [-0.3, -0.25) is 0 Å². The summed E-state index contributed by atoms with van der Waals surface area (Å²) >= 11 is 5.85. The first-order chi connectivity index (χ1) is 8.15. The van der Waals surface area contributed by atoms with Crippen LogP contribution in [0.3, 0.4) is 0 Å². The average Bonchev–Trinajstić information content (AvgIpc) is 2.33. The lowest BCUT2D eigenvalue weighted by atomic mass is 10.1. The van der Waals surface area contributed by atoms with Crippen molar-refractivity contribution >= 4 is 11.6 Å². The van der Waals surface area contributed by atoms with E-state index in [1.807, 2.05) is 24.3 Å². The fourth-order valence-corrected chi connectivity index (χ4v) is 2.34. The molecule has 1 aliphatic rings. The predicted octanol–water partition coefficient (Wildman–Crippen LogP) is 3.59. The Labute approximate surface area is 109 Å². The Morgan fingerprint density at radius 1 is 1.18 bits per heavy atom. The van der Waals surface area contributed by atoms with Crippen LogP contribution in [0.1, 0.15) is 26.7 Å². The van der Waals surface area contributed by atoms with Gasteiger partial charge in [-0.2, -0.15) is 0 Å². The normalized spacial score (nSPS) is 18.6. The molecular formula is C14H20ClNO. The van der Waals surface area contributed by atoms with E-state index in [0.29, 0.717) is 12.1 Å². The van der Waals surface area contributed by atoms with Crippen LogP contribution < -0.4 is 4.74 Å². The van der Waals surface area contributed by atoms with Gasteiger partial charge in [0.2, 0.25) is 0 Å². The number of piperidine rings is 1. The van der Waals surface area contributed by atoms with E-state index in [9.17, 15) is 0 Å². The van der Waals surface area contributed by atoms with E-state index in [1.165, 1.54) is 0 Å². The van der Waals surface area contributed by atoms with Crippen LogP contribution in [0.5, 0.6) is 5.75 Å². The number of nitrogens with zero attached hydrogens (tertiary/aromatic N) is 1. The Balaban J connectivity index is 1.84. The number of halogens is 1. The minimum atomic E-state index is 0.353. The van der Waals surface area contributed by atoms with Gasteiger partial charge in [0.05, 0.1) is 0 Å². The summed E-state index contributed by atoms with van der Waals surface area (Å²) in [5.74, 6) is 0.928. The van der Waals surface area contributed by atoms with E-state index in [0.717, 1.165) is 36.7 Å². The molecule has 0 radical (unpaired) electrons. The second-order valence-electron chi connectivity index (χ2n) is 4.90. The Morgan fingerprint density at radius 3 is 2.29 bits per heavy atom. The third-order valence-corrected chi connectivity index (χ3v) is 3.58. The molecule has 0 N–H and O–H groups in total. The fraction of sp³-hybridized carbons (Fsp3) is 0.571. The zero-order chi connectivity index (χ0) is 12.3. The van der Waals surface area contributed by atoms with Crippen LogP contribution in [0.25, 0.3) is 0 Å². The van der Waals surface area contributed by atoms with E-state index in [-0.39, 0.29) is 0 Å². The van der Waals surface area contributed by atoms with Crippen LogP contribution in [0, 0.1) is 0 Å². The first kappa shape index (κ1) is 12.7. The molecule has 94 valence electrons. The smallest absolute Gasteiger partial charge is 0.119 e. The second kappa shape index (κ2) is 5.74. The van der Waals surface area contributed by atoms with Crippen molar-refractivity contribution in [2.24, 2.45) is 0 Å². The Kier molecular flexibility index (Phi) is 4.30. The molecule has 0 spiro atoms. The molecule has 2 nitrogen and oxygen atoms in total. The lowest BCUT2D eigenvalue weighted by molar-refractivity contribution is 0.0843. The van der Waals surface area contributed by atoms with Crippen LogP contribution in [-0.4, -0.2) is 30.1 Å². The van der Waals surface area contributed by atoms with E-state index in [2.05, 4.69) is 18.7 Å². The molecule has 1 saturated heterocycles. The molecule has 0 unspecified atom stereocenters. The quantitative estimate of drug-likeness (QED) is 0.816. The summed E-state index contributed by atoms with van der Waals surface area (Å²) in [6, 6.07) is 8.28. The standard InChI is InChI=1S/C14H20ClNO/c1-11(2)16-9-7-14(8-10-16)17-13-5-3-12(15)4-6-13/h3-6,11,14H,7-10H2,1-2H3. The molecule has 1 heterocycles. The van der Waals surface area contributed by atoms with Crippen molar-refractivity contribution in [3.63, 3.8) is 0 Å². The molecule has 1 aliphatic heterocycles. The van der Waals surface area contributed by atoms with Crippen molar-refractivity contribution < 1.29 is 4.74 Å². The van der Waals surface area contributed by atoms with Gasteiger partial charge in [-0.1, -0.05) is 11.6 Å². The molecule has 1 aromatic carbocycles. The maximum Gasteiger partial charge on any atom is 0.119 e. The summed E-state index contributed by atoms with van der Waals surface area (Å²) < 4.78 is 5.95. The molecule has 0 atom stereocenters. The molecule has 1 fully saturated rings. The molecule has 0 saturated carbocycles. The van der Waals surface area contributed by atoms with Crippen molar-refractivity contribution in [3.05, 3.63) is 29.3 Å². The third-order valence-electron chi connectivity index (χ3n) is 3.32. The van der Waals surface area contributed by atoms with Gasteiger partial charge in [-0.15, -0.1) is 0 Å². The molecule has 1 aromatic rings. The maximum absolute atomic E-state index is 5.95. The van der Waals surface area contributed by atoms with Crippen LogP contribution in [0.4, 0.5) is 0 Å². The summed E-state index contributed by atoms with van der Waals surface area (Å²) in [6.45, 7) is 6.77. The fourth-order valence-electron chi connectivity index (χ4n) is 2.22. The number of hydrogen-bond acceptors (Lipinski definition) is 2. The summed E-state index contributed by atoms with van der Waals surface area (Å²) in [5, 5.41) is 0.756. The Morgan fingerprint density at radius 2 is 1.76 bits per heavy atom. The molecule has 2 rings (SSSR count). The highest BCUT2D eigenvalue weighted by Gasteiger charge is 2.21. The van der Waals surface area contributed by atoms with Crippen molar-refractivity contribution in [2.75, 3.05) is 13.1 Å². The van der Waals surface area contributed by atoms with Crippen LogP contribution >= 0.6 is 11.6 Å². The van der Waals surface area contributed by atoms with E-state index in [1.54, 1.807) is 0 Å². The summed E-state index contributed by atoms with van der Waals surface area (Å²) in [6.07, 6.45) is 2.58. The minimum Gasteiger partial charge on any atom is -0.490 e. The topological polar surface area (TPSA) is 12.5 Å². The lowest BCUT2D eigenvalue weighted by Gasteiger charge is -2.34. The van der Waals surface area contributed by atoms with Gasteiger partial charge in [0, 0.05) is 24.2 Å². The van der Waals surface area contributed by atoms with Crippen LogP contribution in [-0.2, 0) is 0 Å². The molecule has 0 aromatic heterocycles. The first-order valence-corrected chi connectivity index (χ1v) is 6.69. The molecule has 0 aliphatic carbocycles. The third kappa shape index (κ3) is 3.62. The second-order valence-corrected chi connectivity index (χ2v) is 5.34. The Hall–Kier alpha value is -0.730. The van der Waals surface area contributed by atoms with Gasteiger partial charge >= 0.3 is 0 Å².